The fraction of sp³-hybridized carbons (Fsp3) is 0.208. The number of ether oxygens (including phenoxy) is 1. The lowest BCUT2D eigenvalue weighted by atomic mass is 10.1. The zero-order valence-electron chi connectivity index (χ0n) is 18.0. The summed E-state index contributed by atoms with van der Waals surface area (Å²) in [5, 5.41) is 2.87. The summed E-state index contributed by atoms with van der Waals surface area (Å²) in [6.45, 7) is 5.22. The van der Waals surface area contributed by atoms with Gasteiger partial charge in [-0.2, -0.15) is 0 Å². The van der Waals surface area contributed by atoms with Crippen LogP contribution in [0.2, 0.25) is 0 Å². The van der Waals surface area contributed by atoms with Gasteiger partial charge < -0.3 is 10.1 Å². The molecule has 31 heavy (non-hydrogen) atoms. The number of carbonyl (C=O) groups excluding carboxylic acids is 1. The highest BCUT2D eigenvalue weighted by Gasteiger charge is 2.30. The molecule has 1 N–H and O–H groups in total. The molecule has 0 saturated carbocycles. The SMILES string of the molecule is COc1ccc(C)cc1S(=O)(=O)N(CC(=O)Nc1c(C)cccc1C)c1ccccc1. The maximum atomic E-state index is 13.7. The molecular weight excluding hydrogens is 412 g/mol. The molecule has 0 fully saturated rings. The zero-order valence-corrected chi connectivity index (χ0v) is 18.9. The van der Waals surface area contributed by atoms with Crippen LogP contribution in [0, 0.1) is 20.8 Å². The van der Waals surface area contributed by atoms with Crippen molar-refractivity contribution < 1.29 is 17.9 Å². The second-order valence-electron chi connectivity index (χ2n) is 7.32. The Labute approximate surface area is 183 Å². The molecule has 6 nitrogen and oxygen atoms in total. The number of sulfonamides is 1. The van der Waals surface area contributed by atoms with Crippen LogP contribution in [-0.4, -0.2) is 28.0 Å². The number of methoxy groups -OCH3 is 1. The van der Waals surface area contributed by atoms with Gasteiger partial charge in [0.2, 0.25) is 5.91 Å². The minimum absolute atomic E-state index is 0.0127. The van der Waals surface area contributed by atoms with E-state index in [1.54, 1.807) is 55.5 Å². The molecule has 0 aliphatic heterocycles. The second-order valence-corrected chi connectivity index (χ2v) is 9.15. The number of hydrogen-bond donors (Lipinski definition) is 1. The Morgan fingerprint density at radius 3 is 2.19 bits per heavy atom. The normalized spacial score (nSPS) is 11.1. The van der Waals surface area contributed by atoms with Crippen LogP contribution in [0.1, 0.15) is 16.7 Å². The number of nitrogens with one attached hydrogen (secondary N) is 1. The maximum absolute atomic E-state index is 13.7. The van der Waals surface area contributed by atoms with E-state index >= 15 is 0 Å². The number of benzene rings is 3. The lowest BCUT2D eigenvalue weighted by Gasteiger charge is -2.25. The van der Waals surface area contributed by atoms with E-state index in [1.807, 2.05) is 32.0 Å². The Bertz CT molecular complexity index is 1170. The van der Waals surface area contributed by atoms with Gasteiger partial charge in [0.1, 0.15) is 17.2 Å². The van der Waals surface area contributed by atoms with Crippen LogP contribution >= 0.6 is 0 Å². The monoisotopic (exact) mass is 438 g/mol. The third kappa shape index (κ3) is 4.88. The highest BCUT2D eigenvalue weighted by atomic mass is 32.2. The van der Waals surface area contributed by atoms with Gasteiger partial charge in [-0.1, -0.05) is 42.5 Å². The summed E-state index contributed by atoms with van der Waals surface area (Å²) in [7, 11) is -2.66. The molecule has 0 atom stereocenters. The number of rotatable bonds is 7. The van der Waals surface area contributed by atoms with Crippen molar-refractivity contribution in [3.8, 4) is 5.75 Å². The summed E-state index contributed by atoms with van der Waals surface area (Å²) >= 11 is 0. The Balaban J connectivity index is 2.02. The van der Waals surface area contributed by atoms with Crippen LogP contribution in [0.25, 0.3) is 0 Å². The van der Waals surface area contributed by atoms with Crippen molar-refractivity contribution in [2.24, 2.45) is 0 Å². The van der Waals surface area contributed by atoms with Crippen molar-refractivity contribution in [3.05, 3.63) is 83.4 Å². The molecule has 162 valence electrons. The lowest BCUT2D eigenvalue weighted by Crippen LogP contribution is -2.38. The highest BCUT2D eigenvalue weighted by Crippen LogP contribution is 2.31. The zero-order chi connectivity index (χ0) is 22.6. The standard InChI is InChI=1S/C24H26N2O4S/c1-17-13-14-21(30-4)22(15-17)31(28,29)26(20-11-6-5-7-12-20)16-23(27)25-24-18(2)9-8-10-19(24)3/h5-15H,16H2,1-4H3,(H,25,27). The molecule has 0 aliphatic carbocycles. The lowest BCUT2D eigenvalue weighted by molar-refractivity contribution is -0.114. The Hall–Kier alpha value is -3.32. The first-order valence-corrected chi connectivity index (χ1v) is 11.3. The van der Waals surface area contributed by atoms with Crippen molar-refractivity contribution >= 4 is 27.3 Å². The molecule has 0 bridgehead atoms. The van der Waals surface area contributed by atoms with Crippen molar-refractivity contribution in [2.45, 2.75) is 25.7 Å². The fourth-order valence-corrected chi connectivity index (χ4v) is 5.00. The molecule has 3 aromatic carbocycles. The summed E-state index contributed by atoms with van der Waals surface area (Å²) in [6, 6.07) is 19.2. The van der Waals surface area contributed by atoms with Crippen molar-refractivity contribution in [1.29, 1.82) is 0 Å². The van der Waals surface area contributed by atoms with E-state index in [2.05, 4.69) is 5.32 Å². The maximum Gasteiger partial charge on any atom is 0.268 e. The number of nitrogens with zero attached hydrogens (tertiary/aromatic N) is 1. The Morgan fingerprint density at radius 1 is 0.935 bits per heavy atom. The van der Waals surface area contributed by atoms with E-state index in [9.17, 15) is 13.2 Å². The minimum atomic E-state index is -4.08. The first-order valence-electron chi connectivity index (χ1n) is 9.82. The Kier molecular flexibility index (Phi) is 6.65. The van der Waals surface area contributed by atoms with Crippen molar-refractivity contribution in [3.63, 3.8) is 0 Å². The summed E-state index contributed by atoms with van der Waals surface area (Å²) < 4.78 is 33.7. The summed E-state index contributed by atoms with van der Waals surface area (Å²) in [5.41, 5.74) is 3.66. The van der Waals surface area contributed by atoms with Gasteiger partial charge in [0, 0.05) is 5.69 Å². The van der Waals surface area contributed by atoms with Crippen LogP contribution in [-0.2, 0) is 14.8 Å². The summed E-state index contributed by atoms with van der Waals surface area (Å²) in [5.74, 6) is -0.210. The van der Waals surface area contributed by atoms with Crippen molar-refractivity contribution in [2.75, 3.05) is 23.3 Å². The van der Waals surface area contributed by atoms with Gasteiger partial charge in [0.25, 0.3) is 10.0 Å². The molecule has 0 spiro atoms. The Morgan fingerprint density at radius 2 is 1.58 bits per heavy atom. The molecule has 7 heteroatoms. The average Bonchev–Trinajstić information content (AvgIpc) is 2.75. The third-order valence-corrected chi connectivity index (χ3v) is 6.76. The molecule has 0 aliphatic rings. The molecule has 1 amide bonds. The number of amides is 1. The van der Waals surface area contributed by atoms with Gasteiger partial charge in [0.05, 0.1) is 12.8 Å². The number of para-hydroxylation sites is 2. The number of aryl methyl sites for hydroxylation is 3. The number of hydrogen-bond acceptors (Lipinski definition) is 4. The molecule has 0 heterocycles. The van der Waals surface area contributed by atoms with Crippen LogP contribution in [0.15, 0.2) is 71.6 Å². The number of carbonyl (C=O) groups is 1. The van der Waals surface area contributed by atoms with Gasteiger partial charge >= 0.3 is 0 Å². The molecule has 0 unspecified atom stereocenters. The van der Waals surface area contributed by atoms with E-state index < -0.39 is 15.9 Å². The molecule has 3 rings (SSSR count). The summed E-state index contributed by atoms with van der Waals surface area (Å²) in [4.78, 5) is 13.0. The van der Waals surface area contributed by atoms with Gasteiger partial charge in [-0.15, -0.1) is 0 Å². The predicted molar refractivity (Wildman–Crippen MR) is 123 cm³/mol. The van der Waals surface area contributed by atoms with Gasteiger partial charge in [0.15, 0.2) is 0 Å². The third-order valence-electron chi connectivity index (χ3n) is 4.96. The topological polar surface area (TPSA) is 75.7 Å². The van der Waals surface area contributed by atoms with Crippen LogP contribution < -0.4 is 14.4 Å². The minimum Gasteiger partial charge on any atom is -0.495 e. The first kappa shape index (κ1) is 22.4. The van der Waals surface area contributed by atoms with Crippen molar-refractivity contribution in [1.82, 2.24) is 0 Å². The van der Waals surface area contributed by atoms with Crippen LogP contribution in [0.3, 0.4) is 0 Å². The van der Waals surface area contributed by atoms with Crippen LogP contribution in [0.5, 0.6) is 5.75 Å². The van der Waals surface area contributed by atoms with E-state index in [1.165, 1.54) is 7.11 Å². The van der Waals surface area contributed by atoms with E-state index in [0.29, 0.717) is 11.4 Å². The van der Waals surface area contributed by atoms with E-state index in [-0.39, 0.29) is 17.2 Å². The fourth-order valence-electron chi connectivity index (χ4n) is 3.33. The summed E-state index contributed by atoms with van der Waals surface area (Å²) in [6.07, 6.45) is 0. The van der Waals surface area contributed by atoms with Gasteiger partial charge in [-0.3, -0.25) is 9.10 Å². The van der Waals surface area contributed by atoms with Gasteiger partial charge in [-0.25, -0.2) is 8.42 Å². The van der Waals surface area contributed by atoms with Gasteiger partial charge in [-0.05, 0) is 61.7 Å². The van der Waals surface area contributed by atoms with E-state index in [0.717, 1.165) is 21.0 Å². The molecular formula is C24H26N2O4S. The predicted octanol–water partition coefficient (Wildman–Crippen LogP) is 4.45. The van der Waals surface area contributed by atoms with Crippen LogP contribution in [0.4, 0.5) is 11.4 Å². The molecule has 0 saturated heterocycles. The molecule has 3 aromatic rings. The van der Waals surface area contributed by atoms with E-state index in [4.69, 9.17) is 4.74 Å². The highest BCUT2D eigenvalue weighted by molar-refractivity contribution is 7.93. The number of anilines is 2. The molecule has 0 radical (unpaired) electrons. The largest absolute Gasteiger partial charge is 0.495 e. The second kappa shape index (κ2) is 9.22. The quantitative estimate of drug-likeness (QED) is 0.591. The average molecular weight is 439 g/mol. The first-order chi connectivity index (χ1) is 14.7. The smallest absolute Gasteiger partial charge is 0.268 e. The molecule has 0 aromatic heterocycles.